The second kappa shape index (κ2) is 9.77. The summed E-state index contributed by atoms with van der Waals surface area (Å²) in [4.78, 5) is 38.5. The molecule has 0 radical (unpaired) electrons. The number of nitrogens with zero attached hydrogens (tertiary/aromatic N) is 1. The van der Waals surface area contributed by atoms with Crippen molar-refractivity contribution < 1.29 is 9.59 Å². The number of rotatable bonds is 8. The Labute approximate surface area is 201 Å². The van der Waals surface area contributed by atoms with Crippen molar-refractivity contribution in [3.63, 3.8) is 0 Å². The van der Waals surface area contributed by atoms with Gasteiger partial charge in [0, 0.05) is 32.5 Å². The number of aromatic nitrogens is 1. The number of aryl methyl sites for hydroxylation is 2. The van der Waals surface area contributed by atoms with E-state index in [-0.39, 0.29) is 17.0 Å². The lowest BCUT2D eigenvalue weighted by Crippen LogP contribution is -2.49. The topological polar surface area (TPSA) is 80.2 Å². The number of hydrogen-bond donors (Lipinski definition) is 2. The largest absolute Gasteiger partial charge is 0.355 e. The van der Waals surface area contributed by atoms with Crippen LogP contribution in [0.25, 0.3) is 0 Å². The molecule has 1 aromatic heterocycles. The maximum Gasteiger partial charge on any atom is 0.256 e. The molecule has 4 saturated carbocycles. The van der Waals surface area contributed by atoms with Gasteiger partial charge in [0.15, 0.2) is 0 Å². The average molecular weight is 462 g/mol. The van der Waals surface area contributed by atoms with E-state index < -0.39 is 11.3 Å². The van der Waals surface area contributed by atoms with Gasteiger partial charge < -0.3 is 15.2 Å². The van der Waals surface area contributed by atoms with Crippen LogP contribution in [-0.2, 0) is 13.0 Å². The zero-order valence-electron chi connectivity index (χ0n) is 20.0. The highest BCUT2D eigenvalue weighted by molar-refractivity contribution is 5.99. The van der Waals surface area contributed by atoms with E-state index in [9.17, 15) is 14.4 Å². The molecular weight excluding hydrogens is 426 g/mol. The summed E-state index contributed by atoms with van der Waals surface area (Å²) in [5.41, 5.74) is 0.819. The lowest BCUT2D eigenvalue weighted by Gasteiger charge is -2.54. The molecule has 4 fully saturated rings. The first-order valence-electron chi connectivity index (χ1n) is 12.8. The molecule has 4 aliphatic rings. The van der Waals surface area contributed by atoms with Crippen LogP contribution in [0.1, 0.15) is 64.8 Å². The Morgan fingerprint density at radius 1 is 0.912 bits per heavy atom. The molecule has 0 saturated heterocycles. The van der Waals surface area contributed by atoms with E-state index in [1.165, 1.54) is 44.7 Å². The number of carbonyl (C=O) groups excluding carboxylic acids is 2. The molecule has 0 aliphatic heterocycles. The fourth-order valence-corrected chi connectivity index (χ4v) is 7.01. The SMILES string of the molecule is CNC(=O)c1cn(CCCc2ccccc2)cc(C(=O)NCC2C3CC4CC(C3)CC2C4)c1=O. The van der Waals surface area contributed by atoms with Crippen LogP contribution in [0, 0.1) is 29.6 Å². The summed E-state index contributed by atoms with van der Waals surface area (Å²) in [5.74, 6) is 2.90. The second-order valence-electron chi connectivity index (χ2n) is 10.6. The van der Waals surface area contributed by atoms with Crippen molar-refractivity contribution in [3.05, 3.63) is 69.6 Å². The van der Waals surface area contributed by atoms with Crippen LogP contribution < -0.4 is 16.1 Å². The molecule has 1 heterocycles. The summed E-state index contributed by atoms with van der Waals surface area (Å²) in [6.45, 7) is 1.25. The molecule has 0 spiro atoms. The third kappa shape index (κ3) is 4.68. The van der Waals surface area contributed by atoms with E-state index in [1.54, 1.807) is 12.4 Å². The minimum absolute atomic E-state index is 0.0180. The zero-order chi connectivity index (χ0) is 23.7. The smallest absolute Gasteiger partial charge is 0.256 e. The molecule has 180 valence electrons. The van der Waals surface area contributed by atoms with Gasteiger partial charge >= 0.3 is 0 Å². The summed E-state index contributed by atoms with van der Waals surface area (Å²) >= 11 is 0. The number of amides is 2. The van der Waals surface area contributed by atoms with Crippen LogP contribution in [-0.4, -0.2) is 30.0 Å². The van der Waals surface area contributed by atoms with Crippen LogP contribution in [0.3, 0.4) is 0 Å². The monoisotopic (exact) mass is 461 g/mol. The fraction of sp³-hybridized carbons (Fsp3) is 0.536. The minimum atomic E-state index is -0.499. The van der Waals surface area contributed by atoms with Gasteiger partial charge in [-0.1, -0.05) is 30.3 Å². The normalized spacial score (nSPS) is 26.9. The summed E-state index contributed by atoms with van der Waals surface area (Å²) in [7, 11) is 1.50. The third-order valence-corrected chi connectivity index (χ3v) is 8.44. The molecule has 2 aromatic rings. The van der Waals surface area contributed by atoms with Crippen molar-refractivity contribution in [3.8, 4) is 0 Å². The quantitative estimate of drug-likeness (QED) is 0.630. The fourth-order valence-electron chi connectivity index (χ4n) is 7.01. The zero-order valence-corrected chi connectivity index (χ0v) is 20.0. The van der Waals surface area contributed by atoms with Crippen LogP contribution in [0.4, 0.5) is 0 Å². The number of nitrogens with one attached hydrogen (secondary N) is 2. The number of hydrogen-bond acceptors (Lipinski definition) is 3. The van der Waals surface area contributed by atoms with Crippen molar-refractivity contribution in [2.45, 2.75) is 51.5 Å². The summed E-state index contributed by atoms with van der Waals surface area (Å²) in [5, 5.41) is 5.61. The van der Waals surface area contributed by atoms with Gasteiger partial charge in [0.2, 0.25) is 5.43 Å². The van der Waals surface area contributed by atoms with Crippen molar-refractivity contribution >= 4 is 11.8 Å². The van der Waals surface area contributed by atoms with E-state index in [0.717, 1.165) is 24.7 Å². The van der Waals surface area contributed by atoms with Crippen LogP contribution >= 0.6 is 0 Å². The van der Waals surface area contributed by atoms with Gasteiger partial charge in [-0.25, -0.2) is 0 Å². The third-order valence-electron chi connectivity index (χ3n) is 8.44. The molecular formula is C28H35N3O3. The minimum Gasteiger partial charge on any atom is -0.355 e. The first-order chi connectivity index (χ1) is 16.5. The second-order valence-corrected chi connectivity index (χ2v) is 10.6. The molecule has 4 bridgehead atoms. The summed E-state index contributed by atoms with van der Waals surface area (Å²) < 4.78 is 1.81. The Bertz CT molecular complexity index is 1080. The molecule has 1 aromatic carbocycles. The summed E-state index contributed by atoms with van der Waals surface area (Å²) in [6.07, 6.45) is 11.5. The Kier molecular flexibility index (Phi) is 6.57. The average Bonchev–Trinajstić information content (AvgIpc) is 2.84. The molecule has 2 N–H and O–H groups in total. The first-order valence-corrected chi connectivity index (χ1v) is 12.8. The standard InChI is InChI=1S/C28H35N3O3/c1-29-27(33)24-16-31(9-5-8-18-6-3-2-4-7-18)17-25(26(24)32)28(34)30-15-23-21-11-19-10-20(13-21)14-22(23)12-19/h2-4,6-7,16-17,19-23H,5,8-15H2,1H3,(H,29,33)(H,30,34). The molecule has 0 unspecified atom stereocenters. The maximum absolute atomic E-state index is 13.2. The molecule has 0 atom stereocenters. The van der Waals surface area contributed by atoms with E-state index in [2.05, 4.69) is 22.8 Å². The van der Waals surface area contributed by atoms with E-state index >= 15 is 0 Å². The number of benzene rings is 1. The highest BCUT2D eigenvalue weighted by Gasteiger charge is 2.48. The number of pyridine rings is 1. The predicted octanol–water partition coefficient (Wildman–Crippen LogP) is 3.64. The Morgan fingerprint density at radius 3 is 2.15 bits per heavy atom. The van der Waals surface area contributed by atoms with E-state index in [0.29, 0.717) is 30.8 Å². The molecule has 4 aliphatic carbocycles. The van der Waals surface area contributed by atoms with Gasteiger partial charge in [0.1, 0.15) is 11.1 Å². The van der Waals surface area contributed by atoms with Gasteiger partial charge in [0.05, 0.1) is 0 Å². The molecule has 34 heavy (non-hydrogen) atoms. The van der Waals surface area contributed by atoms with Gasteiger partial charge in [-0.2, -0.15) is 0 Å². The van der Waals surface area contributed by atoms with Crippen LogP contribution in [0.2, 0.25) is 0 Å². The number of carbonyl (C=O) groups is 2. The predicted molar refractivity (Wildman–Crippen MR) is 132 cm³/mol. The van der Waals surface area contributed by atoms with Gasteiger partial charge in [0.25, 0.3) is 11.8 Å². The van der Waals surface area contributed by atoms with Gasteiger partial charge in [-0.05, 0) is 80.1 Å². The van der Waals surface area contributed by atoms with Gasteiger partial charge in [-0.3, -0.25) is 14.4 Å². The molecule has 2 amide bonds. The van der Waals surface area contributed by atoms with Crippen molar-refractivity contribution in [1.82, 2.24) is 15.2 Å². The van der Waals surface area contributed by atoms with Crippen molar-refractivity contribution in [2.75, 3.05) is 13.6 Å². The van der Waals surface area contributed by atoms with E-state index in [4.69, 9.17) is 0 Å². The van der Waals surface area contributed by atoms with Gasteiger partial charge in [-0.15, -0.1) is 0 Å². The van der Waals surface area contributed by atoms with E-state index in [1.807, 2.05) is 22.8 Å². The Morgan fingerprint density at radius 2 is 1.53 bits per heavy atom. The molecule has 6 nitrogen and oxygen atoms in total. The first kappa shape index (κ1) is 22.9. The lowest BCUT2D eigenvalue weighted by molar-refractivity contribution is -0.0347. The van der Waals surface area contributed by atoms with Crippen molar-refractivity contribution in [1.29, 1.82) is 0 Å². The molecule has 6 heteroatoms. The highest BCUT2D eigenvalue weighted by atomic mass is 16.2. The van der Waals surface area contributed by atoms with Crippen molar-refractivity contribution in [2.24, 2.45) is 29.6 Å². The Balaban J connectivity index is 1.29. The van der Waals surface area contributed by atoms with Crippen LogP contribution in [0.15, 0.2) is 47.5 Å². The summed E-state index contributed by atoms with van der Waals surface area (Å²) in [6, 6.07) is 10.2. The highest BCUT2D eigenvalue weighted by Crippen LogP contribution is 2.56. The molecule has 6 rings (SSSR count). The maximum atomic E-state index is 13.2. The lowest BCUT2D eigenvalue weighted by atomic mass is 9.52. The van der Waals surface area contributed by atoms with Crippen LogP contribution in [0.5, 0.6) is 0 Å². The Hall–Kier alpha value is -2.89.